The summed E-state index contributed by atoms with van der Waals surface area (Å²) >= 11 is 0. The van der Waals surface area contributed by atoms with E-state index in [1.807, 2.05) is 35.2 Å². The third-order valence-corrected chi connectivity index (χ3v) is 4.57. The first-order chi connectivity index (χ1) is 11.7. The van der Waals surface area contributed by atoms with Crippen LogP contribution >= 0.6 is 0 Å². The Morgan fingerprint density at radius 2 is 1.71 bits per heavy atom. The fraction of sp³-hybridized carbons (Fsp3) is 0.556. The van der Waals surface area contributed by atoms with Gasteiger partial charge in [-0.2, -0.15) is 0 Å². The largest absolute Gasteiger partial charge is 0.378 e. The monoisotopic (exact) mass is 332 g/mol. The number of hydrogen-bond acceptors (Lipinski definition) is 5. The molecule has 2 aliphatic rings. The number of rotatable bonds is 5. The van der Waals surface area contributed by atoms with Gasteiger partial charge in [0.1, 0.15) is 0 Å². The molecule has 0 bridgehead atoms. The number of hydrogen-bond donors (Lipinski definition) is 0. The molecule has 1 atom stereocenters. The highest BCUT2D eigenvalue weighted by atomic mass is 16.5. The van der Waals surface area contributed by atoms with Crippen LogP contribution < -0.4 is 0 Å². The van der Waals surface area contributed by atoms with Gasteiger partial charge in [0.25, 0.3) is 0 Å². The molecule has 0 N–H and O–H groups in total. The van der Waals surface area contributed by atoms with Gasteiger partial charge in [0.2, 0.25) is 5.91 Å². The number of morpholine rings is 2. The molecule has 3 rings (SSSR count). The first-order valence-corrected chi connectivity index (χ1v) is 8.49. The molecule has 24 heavy (non-hydrogen) atoms. The third-order valence-electron chi connectivity index (χ3n) is 4.57. The standard InChI is InChI=1S/C18H24N2O4/c21-17(15-4-2-1-3-5-15)12-16-14-24-11-8-20(16)13-18(22)19-6-9-23-10-7-19/h1-5,16H,6-14H2/t16-/m0/s1. The Hall–Kier alpha value is -1.76. The van der Waals surface area contributed by atoms with Gasteiger partial charge in [0, 0.05) is 37.7 Å². The third kappa shape index (κ3) is 4.41. The summed E-state index contributed by atoms with van der Waals surface area (Å²) in [4.78, 5) is 28.9. The molecule has 2 heterocycles. The summed E-state index contributed by atoms with van der Waals surface area (Å²) < 4.78 is 10.8. The molecule has 6 heteroatoms. The van der Waals surface area contributed by atoms with Crippen LogP contribution in [0.2, 0.25) is 0 Å². The van der Waals surface area contributed by atoms with Gasteiger partial charge in [0.15, 0.2) is 5.78 Å². The van der Waals surface area contributed by atoms with Crippen LogP contribution in [0.5, 0.6) is 0 Å². The topological polar surface area (TPSA) is 59.1 Å². The number of nitrogens with zero attached hydrogens (tertiary/aromatic N) is 2. The molecule has 130 valence electrons. The average Bonchev–Trinajstić information content (AvgIpc) is 2.64. The van der Waals surface area contributed by atoms with Gasteiger partial charge in [-0.25, -0.2) is 0 Å². The maximum absolute atomic E-state index is 12.5. The summed E-state index contributed by atoms with van der Waals surface area (Å²) in [6.07, 6.45) is 0.375. The van der Waals surface area contributed by atoms with E-state index in [0.29, 0.717) is 64.6 Å². The summed E-state index contributed by atoms with van der Waals surface area (Å²) in [5, 5.41) is 0. The lowest BCUT2D eigenvalue weighted by atomic mass is 10.0. The Morgan fingerprint density at radius 1 is 1.00 bits per heavy atom. The summed E-state index contributed by atoms with van der Waals surface area (Å²) in [6.45, 7) is 4.63. The van der Waals surface area contributed by atoms with Crippen molar-refractivity contribution >= 4 is 11.7 Å². The second kappa shape index (κ2) is 8.37. The number of ether oxygens (including phenoxy) is 2. The van der Waals surface area contributed by atoms with Crippen LogP contribution in [-0.4, -0.2) is 80.1 Å². The molecule has 1 amide bonds. The Balaban J connectivity index is 1.58. The van der Waals surface area contributed by atoms with Crippen molar-refractivity contribution < 1.29 is 19.1 Å². The second-order valence-corrected chi connectivity index (χ2v) is 6.19. The van der Waals surface area contributed by atoms with E-state index in [0.717, 1.165) is 0 Å². The van der Waals surface area contributed by atoms with Crippen molar-refractivity contribution in [3.63, 3.8) is 0 Å². The van der Waals surface area contributed by atoms with Crippen LogP contribution in [-0.2, 0) is 14.3 Å². The minimum atomic E-state index is -0.0450. The number of carbonyl (C=O) groups excluding carboxylic acids is 2. The van der Waals surface area contributed by atoms with Crippen LogP contribution in [0.1, 0.15) is 16.8 Å². The molecule has 0 spiro atoms. The van der Waals surface area contributed by atoms with E-state index in [-0.39, 0.29) is 17.7 Å². The van der Waals surface area contributed by atoms with Crippen LogP contribution in [0, 0.1) is 0 Å². The first kappa shape index (κ1) is 17.1. The lowest BCUT2D eigenvalue weighted by Crippen LogP contribution is -2.52. The van der Waals surface area contributed by atoms with Crippen LogP contribution in [0.4, 0.5) is 0 Å². The van der Waals surface area contributed by atoms with Crippen molar-refractivity contribution in [1.29, 1.82) is 0 Å². The maximum Gasteiger partial charge on any atom is 0.236 e. The van der Waals surface area contributed by atoms with Gasteiger partial charge < -0.3 is 14.4 Å². The molecule has 0 aromatic heterocycles. The van der Waals surface area contributed by atoms with Gasteiger partial charge in [0.05, 0.1) is 33.0 Å². The molecule has 1 aromatic carbocycles. The Kier molecular flexibility index (Phi) is 5.96. The second-order valence-electron chi connectivity index (χ2n) is 6.19. The van der Waals surface area contributed by atoms with Crippen molar-refractivity contribution in [2.45, 2.75) is 12.5 Å². The lowest BCUT2D eigenvalue weighted by Gasteiger charge is -2.36. The predicted octanol–water partition coefficient (Wildman–Crippen LogP) is 0.819. The molecular weight excluding hydrogens is 308 g/mol. The zero-order valence-corrected chi connectivity index (χ0v) is 13.9. The molecule has 0 aliphatic carbocycles. The van der Waals surface area contributed by atoms with Crippen LogP contribution in [0.3, 0.4) is 0 Å². The fourth-order valence-electron chi connectivity index (χ4n) is 3.13. The minimum absolute atomic E-state index is 0.0450. The predicted molar refractivity (Wildman–Crippen MR) is 89.0 cm³/mol. The van der Waals surface area contributed by atoms with Gasteiger partial charge in [-0.3, -0.25) is 14.5 Å². The van der Waals surface area contributed by atoms with E-state index in [1.165, 1.54) is 0 Å². The van der Waals surface area contributed by atoms with Crippen molar-refractivity contribution in [1.82, 2.24) is 9.80 Å². The van der Waals surface area contributed by atoms with E-state index < -0.39 is 0 Å². The zero-order chi connectivity index (χ0) is 16.8. The van der Waals surface area contributed by atoms with Crippen molar-refractivity contribution in [2.24, 2.45) is 0 Å². The smallest absolute Gasteiger partial charge is 0.236 e. The SMILES string of the molecule is O=C(C[C@H]1COCCN1CC(=O)N1CCOCC1)c1ccccc1. The molecule has 0 unspecified atom stereocenters. The summed E-state index contributed by atoms with van der Waals surface area (Å²) in [7, 11) is 0. The van der Waals surface area contributed by atoms with Gasteiger partial charge >= 0.3 is 0 Å². The molecule has 0 radical (unpaired) electrons. The lowest BCUT2D eigenvalue weighted by molar-refractivity contribution is -0.138. The highest BCUT2D eigenvalue weighted by molar-refractivity contribution is 5.96. The van der Waals surface area contributed by atoms with Crippen molar-refractivity contribution in [2.75, 3.05) is 52.6 Å². The Bertz CT molecular complexity index is 557. The molecule has 6 nitrogen and oxygen atoms in total. The normalized spacial score (nSPS) is 22.3. The summed E-state index contributed by atoms with van der Waals surface area (Å²) in [5.74, 6) is 0.201. The van der Waals surface area contributed by atoms with Crippen LogP contribution in [0.25, 0.3) is 0 Å². The van der Waals surface area contributed by atoms with Crippen molar-refractivity contribution in [3.05, 3.63) is 35.9 Å². The average molecular weight is 332 g/mol. The number of amides is 1. The van der Waals surface area contributed by atoms with E-state index in [9.17, 15) is 9.59 Å². The maximum atomic E-state index is 12.5. The number of benzene rings is 1. The molecule has 2 aliphatic heterocycles. The van der Waals surface area contributed by atoms with Gasteiger partial charge in [-0.1, -0.05) is 30.3 Å². The first-order valence-electron chi connectivity index (χ1n) is 8.49. The summed E-state index contributed by atoms with van der Waals surface area (Å²) in [6, 6.07) is 9.24. The van der Waals surface area contributed by atoms with Gasteiger partial charge in [-0.15, -0.1) is 0 Å². The molecule has 1 aromatic rings. The van der Waals surface area contributed by atoms with Crippen LogP contribution in [0.15, 0.2) is 30.3 Å². The van der Waals surface area contributed by atoms with E-state index in [2.05, 4.69) is 4.90 Å². The molecule has 0 saturated carbocycles. The highest BCUT2D eigenvalue weighted by Gasteiger charge is 2.29. The zero-order valence-electron chi connectivity index (χ0n) is 13.9. The highest BCUT2D eigenvalue weighted by Crippen LogP contribution is 2.15. The Labute approximate surface area is 142 Å². The fourth-order valence-corrected chi connectivity index (χ4v) is 3.13. The molecule has 2 fully saturated rings. The number of ketones is 1. The number of Topliss-reactive ketones (excluding diaryl/α,β-unsaturated/α-hetero) is 1. The quantitative estimate of drug-likeness (QED) is 0.747. The van der Waals surface area contributed by atoms with Gasteiger partial charge in [-0.05, 0) is 0 Å². The van der Waals surface area contributed by atoms with E-state index in [4.69, 9.17) is 9.47 Å². The Morgan fingerprint density at radius 3 is 2.46 bits per heavy atom. The van der Waals surface area contributed by atoms with Crippen molar-refractivity contribution in [3.8, 4) is 0 Å². The van der Waals surface area contributed by atoms with E-state index >= 15 is 0 Å². The molecular formula is C18H24N2O4. The minimum Gasteiger partial charge on any atom is -0.378 e. The summed E-state index contributed by atoms with van der Waals surface area (Å²) in [5.41, 5.74) is 0.711. The number of carbonyl (C=O) groups is 2. The van der Waals surface area contributed by atoms with E-state index in [1.54, 1.807) is 0 Å². The molecule has 2 saturated heterocycles.